The van der Waals surface area contributed by atoms with Gasteiger partial charge in [-0.15, -0.1) is 0 Å². The van der Waals surface area contributed by atoms with Crippen molar-refractivity contribution in [2.24, 2.45) is 5.92 Å². The predicted octanol–water partition coefficient (Wildman–Crippen LogP) is 1.46. The molecule has 5 aliphatic rings. The second-order valence-electron chi connectivity index (χ2n) is 10.4. The zero-order valence-electron chi connectivity index (χ0n) is 21.1. The lowest BCUT2D eigenvalue weighted by Gasteiger charge is -2.40. The van der Waals surface area contributed by atoms with Crippen molar-refractivity contribution in [2.45, 2.75) is 56.8 Å². The fourth-order valence-electron chi connectivity index (χ4n) is 6.40. The standard InChI is InChI=1S/C26H25N5O4.CH4O/c1-13(2)19-22(34)30-17-11-7-5-9-15(17)26(24(30)28-19)12-18-20(32)29-25(3,35-26)23-27-16-10-6-4-8-14(16)21(33)31(18)23;1-2/h4-11,13,18-19,24,28H,12H2,1-3H3,(H,29,32);2H,1H3/t18-,19+,24-,25-,26-;/m1./s1. The van der Waals surface area contributed by atoms with E-state index in [9.17, 15) is 14.4 Å². The fourth-order valence-corrected chi connectivity index (χ4v) is 6.40. The minimum absolute atomic E-state index is 0.0162. The first-order valence-corrected chi connectivity index (χ1v) is 12.4. The molecule has 1 spiro atoms. The van der Waals surface area contributed by atoms with Gasteiger partial charge in [-0.3, -0.25) is 29.2 Å². The molecule has 5 atom stereocenters. The van der Waals surface area contributed by atoms with Crippen molar-refractivity contribution >= 4 is 28.4 Å². The number of carbonyl (C=O) groups is 2. The summed E-state index contributed by atoms with van der Waals surface area (Å²) in [6.45, 7) is 5.75. The van der Waals surface area contributed by atoms with E-state index in [2.05, 4.69) is 10.6 Å². The minimum Gasteiger partial charge on any atom is -0.400 e. The first kappa shape index (κ1) is 23.8. The van der Waals surface area contributed by atoms with Crippen molar-refractivity contribution in [1.29, 1.82) is 0 Å². The Hall–Kier alpha value is -3.60. The normalized spacial score (nSPS) is 31.1. The number of nitrogens with one attached hydrogen (secondary N) is 2. The minimum atomic E-state index is -1.38. The van der Waals surface area contributed by atoms with E-state index in [-0.39, 0.29) is 35.8 Å². The number of carbonyl (C=O) groups excluding carboxylic acids is 2. The molecule has 6 heterocycles. The third-order valence-corrected chi connectivity index (χ3v) is 7.92. The average molecular weight is 504 g/mol. The number of nitrogens with zero attached hydrogens (tertiary/aromatic N) is 3. The van der Waals surface area contributed by atoms with E-state index in [1.807, 2.05) is 44.2 Å². The van der Waals surface area contributed by atoms with Gasteiger partial charge >= 0.3 is 0 Å². The number of hydrogen-bond acceptors (Lipinski definition) is 7. The molecule has 10 heteroatoms. The van der Waals surface area contributed by atoms with Crippen LogP contribution in [-0.2, 0) is 25.7 Å². The number of anilines is 1. The molecule has 1 aromatic heterocycles. The Morgan fingerprint density at radius 2 is 1.78 bits per heavy atom. The third kappa shape index (κ3) is 2.97. The van der Waals surface area contributed by atoms with Crippen LogP contribution < -0.4 is 21.1 Å². The highest BCUT2D eigenvalue weighted by Crippen LogP contribution is 2.56. The maximum absolute atomic E-state index is 13.7. The third-order valence-electron chi connectivity index (χ3n) is 7.92. The summed E-state index contributed by atoms with van der Waals surface area (Å²) in [5.41, 5.74) is -0.572. The van der Waals surface area contributed by atoms with Gasteiger partial charge in [0, 0.05) is 19.1 Å². The highest BCUT2D eigenvalue weighted by molar-refractivity contribution is 6.03. The van der Waals surface area contributed by atoms with E-state index >= 15 is 0 Å². The number of aliphatic hydroxyl groups is 1. The molecule has 192 valence electrons. The van der Waals surface area contributed by atoms with Crippen LogP contribution in [0.25, 0.3) is 10.9 Å². The fraction of sp³-hybridized carbons (Fsp3) is 0.407. The molecule has 5 aliphatic heterocycles. The molecule has 3 aromatic rings. The summed E-state index contributed by atoms with van der Waals surface area (Å²) in [4.78, 5) is 47.2. The number of rotatable bonds is 1. The van der Waals surface area contributed by atoms with Crippen LogP contribution in [0, 0.1) is 5.92 Å². The summed E-state index contributed by atoms with van der Waals surface area (Å²) in [5, 5.41) is 14.0. The summed E-state index contributed by atoms with van der Waals surface area (Å²) < 4.78 is 8.44. The summed E-state index contributed by atoms with van der Waals surface area (Å²) >= 11 is 0. The summed E-state index contributed by atoms with van der Waals surface area (Å²) in [5.74, 6) is 0.125. The number of fused-ring (bicyclic) bond motifs is 5. The van der Waals surface area contributed by atoms with Crippen LogP contribution in [-0.4, -0.2) is 45.8 Å². The number of para-hydroxylation sites is 2. The van der Waals surface area contributed by atoms with Crippen LogP contribution in [0.4, 0.5) is 5.69 Å². The van der Waals surface area contributed by atoms with Crippen molar-refractivity contribution < 1.29 is 19.4 Å². The molecule has 2 aromatic carbocycles. The predicted molar refractivity (Wildman–Crippen MR) is 136 cm³/mol. The second-order valence-corrected chi connectivity index (χ2v) is 10.4. The Labute approximate surface area is 213 Å². The van der Waals surface area contributed by atoms with Gasteiger partial charge in [0.1, 0.15) is 17.8 Å². The maximum atomic E-state index is 13.7. The molecule has 2 amide bonds. The van der Waals surface area contributed by atoms with Crippen LogP contribution in [0.3, 0.4) is 0 Å². The number of aromatic nitrogens is 2. The monoisotopic (exact) mass is 503 g/mol. The Bertz CT molecular complexity index is 1520. The van der Waals surface area contributed by atoms with E-state index in [0.717, 1.165) is 18.4 Å². The van der Waals surface area contributed by atoms with Crippen LogP contribution in [0.1, 0.15) is 44.6 Å². The maximum Gasteiger partial charge on any atom is 0.262 e. The highest BCUT2D eigenvalue weighted by Gasteiger charge is 2.66. The second kappa shape index (κ2) is 7.95. The molecule has 0 aliphatic carbocycles. The summed E-state index contributed by atoms with van der Waals surface area (Å²) in [6, 6.07) is 13.6. The highest BCUT2D eigenvalue weighted by atomic mass is 16.5. The average Bonchev–Trinajstić information content (AvgIpc) is 3.28. The van der Waals surface area contributed by atoms with Gasteiger partial charge in [0.2, 0.25) is 11.8 Å². The number of aliphatic hydroxyl groups excluding tert-OH is 1. The SMILES string of the molecule is CC(C)[C@@H]1N[C@@H]2N(C1=O)c1ccccc1[C@]21C[C@@H]2C(=O)N[C@](C)(O1)c1nc3ccccc3c(=O)n12.CO. The molecular weight excluding hydrogens is 474 g/mol. The lowest BCUT2D eigenvalue weighted by molar-refractivity contribution is -0.181. The van der Waals surface area contributed by atoms with Gasteiger partial charge in [0.25, 0.3) is 5.56 Å². The zero-order chi connectivity index (χ0) is 26.3. The van der Waals surface area contributed by atoms with Crippen molar-refractivity contribution in [2.75, 3.05) is 12.0 Å². The lowest BCUT2D eigenvalue weighted by Crippen LogP contribution is -2.57. The summed E-state index contributed by atoms with van der Waals surface area (Å²) in [7, 11) is 1.00. The number of hydrogen-bond donors (Lipinski definition) is 3. The topological polar surface area (TPSA) is 126 Å². The van der Waals surface area contributed by atoms with E-state index in [1.54, 1.807) is 30.0 Å². The molecular formula is C27H29N5O5. The van der Waals surface area contributed by atoms with Crippen LogP contribution >= 0.6 is 0 Å². The van der Waals surface area contributed by atoms with Crippen LogP contribution in [0.15, 0.2) is 53.3 Å². The first-order chi connectivity index (χ1) is 17.7. The van der Waals surface area contributed by atoms with E-state index in [4.69, 9.17) is 14.8 Å². The number of amides is 2. The molecule has 2 bridgehead atoms. The number of ether oxygens (including phenoxy) is 1. The van der Waals surface area contributed by atoms with Gasteiger partial charge < -0.3 is 15.2 Å². The van der Waals surface area contributed by atoms with Gasteiger partial charge in [-0.1, -0.05) is 44.2 Å². The summed E-state index contributed by atoms with van der Waals surface area (Å²) in [6.07, 6.45) is -0.335. The molecule has 0 radical (unpaired) electrons. The lowest BCUT2D eigenvalue weighted by atomic mass is 9.86. The van der Waals surface area contributed by atoms with Gasteiger partial charge in [-0.2, -0.15) is 0 Å². The van der Waals surface area contributed by atoms with Gasteiger partial charge in [0.05, 0.1) is 22.6 Å². The molecule has 0 unspecified atom stereocenters. The molecule has 3 N–H and O–H groups in total. The first-order valence-electron chi connectivity index (χ1n) is 12.4. The smallest absolute Gasteiger partial charge is 0.262 e. The van der Waals surface area contributed by atoms with Crippen LogP contribution in [0.2, 0.25) is 0 Å². The Kier molecular flexibility index (Phi) is 5.11. The van der Waals surface area contributed by atoms with Crippen molar-refractivity contribution in [3.8, 4) is 0 Å². The van der Waals surface area contributed by atoms with E-state index in [0.29, 0.717) is 16.7 Å². The molecule has 8 rings (SSSR count). The van der Waals surface area contributed by atoms with Crippen LogP contribution in [0.5, 0.6) is 0 Å². The van der Waals surface area contributed by atoms with Crippen molar-refractivity contribution in [3.05, 3.63) is 70.3 Å². The molecule has 2 fully saturated rings. The van der Waals surface area contributed by atoms with Gasteiger partial charge in [-0.25, -0.2) is 4.98 Å². The van der Waals surface area contributed by atoms with Gasteiger partial charge in [-0.05, 0) is 31.0 Å². The quantitative estimate of drug-likeness (QED) is 0.459. The molecule has 37 heavy (non-hydrogen) atoms. The van der Waals surface area contributed by atoms with Crippen molar-refractivity contribution in [1.82, 2.24) is 20.2 Å². The zero-order valence-corrected chi connectivity index (χ0v) is 21.1. The Morgan fingerprint density at radius 3 is 2.54 bits per heavy atom. The number of benzene rings is 2. The Morgan fingerprint density at radius 1 is 1.08 bits per heavy atom. The van der Waals surface area contributed by atoms with E-state index < -0.39 is 23.5 Å². The van der Waals surface area contributed by atoms with E-state index in [1.165, 1.54) is 4.57 Å². The van der Waals surface area contributed by atoms with Gasteiger partial charge in [0.15, 0.2) is 11.5 Å². The van der Waals surface area contributed by atoms with Crippen molar-refractivity contribution in [3.63, 3.8) is 0 Å². The molecule has 2 saturated heterocycles. The largest absolute Gasteiger partial charge is 0.400 e. The Balaban J connectivity index is 0.00000123. The molecule has 0 saturated carbocycles. The molecule has 10 nitrogen and oxygen atoms in total.